The lowest BCUT2D eigenvalue weighted by Gasteiger charge is -2.23. The Kier molecular flexibility index (Phi) is 4.37. The summed E-state index contributed by atoms with van der Waals surface area (Å²) in [6.07, 6.45) is 7.40. The Labute approximate surface area is 173 Å². The van der Waals surface area contributed by atoms with E-state index >= 15 is 0 Å². The van der Waals surface area contributed by atoms with Crippen LogP contribution in [-0.4, -0.2) is 34.1 Å². The summed E-state index contributed by atoms with van der Waals surface area (Å²) in [6.45, 7) is 1.85. The molecule has 1 aliphatic heterocycles. The molecule has 1 N–H and O–H groups in total. The van der Waals surface area contributed by atoms with Crippen molar-refractivity contribution in [3.8, 4) is 0 Å². The Morgan fingerprint density at radius 1 is 1.37 bits per heavy atom. The van der Waals surface area contributed by atoms with Gasteiger partial charge in [0.05, 0.1) is 0 Å². The van der Waals surface area contributed by atoms with Crippen LogP contribution in [0.25, 0.3) is 0 Å². The number of benzene rings is 1. The van der Waals surface area contributed by atoms with Crippen LogP contribution in [0.4, 0.5) is 4.39 Å². The zero-order valence-electron chi connectivity index (χ0n) is 15.6. The van der Waals surface area contributed by atoms with Gasteiger partial charge in [-0.25, -0.2) is 4.39 Å². The van der Waals surface area contributed by atoms with E-state index < -0.39 is 0 Å². The van der Waals surface area contributed by atoms with Gasteiger partial charge in [-0.3, -0.25) is 0 Å². The van der Waals surface area contributed by atoms with Crippen molar-refractivity contribution >= 4 is 28.1 Å². The highest BCUT2D eigenvalue weighted by Gasteiger charge is 2.63. The Morgan fingerprint density at radius 3 is 2.93 bits per heavy atom. The molecule has 0 radical (unpaired) electrons. The predicted molar refractivity (Wildman–Crippen MR) is 111 cm³/mol. The van der Waals surface area contributed by atoms with Gasteiger partial charge in [-0.05, 0) is 62.3 Å². The van der Waals surface area contributed by atoms with E-state index in [9.17, 15) is 4.39 Å². The smallest absolute Gasteiger partial charge is 0.177 e. The van der Waals surface area contributed by atoms with E-state index in [-0.39, 0.29) is 11.2 Å². The number of nitrogens with one attached hydrogen (secondary N) is 1. The molecule has 2 saturated carbocycles. The van der Waals surface area contributed by atoms with Gasteiger partial charge in [-0.2, -0.15) is 0 Å². The summed E-state index contributed by atoms with van der Waals surface area (Å²) in [5.41, 5.74) is 3.34. The number of halogens is 2. The number of aromatic amines is 1. The van der Waals surface area contributed by atoms with Crippen LogP contribution in [0.2, 0.25) is 0 Å². The number of rotatable bonds is 5. The van der Waals surface area contributed by atoms with Crippen molar-refractivity contribution in [1.29, 1.82) is 0 Å². The number of likely N-dealkylation sites (N-methyl/N-ethyl adjacent to an activating group) is 1. The Hall–Kier alpha value is -0.980. The number of imidazole rings is 1. The molecule has 0 spiro atoms. The van der Waals surface area contributed by atoms with Crippen molar-refractivity contribution in [2.45, 2.75) is 62.4 Å². The van der Waals surface area contributed by atoms with E-state index in [1.807, 2.05) is 6.07 Å². The molecule has 2 atom stereocenters. The number of nitrogens with zero attached hydrogens (tertiary/aromatic N) is 2. The van der Waals surface area contributed by atoms with E-state index in [1.165, 1.54) is 37.1 Å². The van der Waals surface area contributed by atoms with Gasteiger partial charge in [-0.1, -0.05) is 28.8 Å². The minimum Gasteiger partial charge on any atom is -0.334 e. The van der Waals surface area contributed by atoms with E-state index in [0.717, 1.165) is 46.8 Å². The summed E-state index contributed by atoms with van der Waals surface area (Å²) >= 11 is 9.12. The van der Waals surface area contributed by atoms with Gasteiger partial charge in [-0.15, -0.1) is 0 Å². The molecule has 2 heterocycles. The summed E-state index contributed by atoms with van der Waals surface area (Å²) in [4.78, 5) is 5.97. The summed E-state index contributed by atoms with van der Waals surface area (Å²) in [5.74, 6) is 0.296. The molecule has 2 aromatic rings. The first-order chi connectivity index (χ1) is 13.0. The summed E-state index contributed by atoms with van der Waals surface area (Å²) in [6, 6.07) is 6.05. The third-order valence-electron chi connectivity index (χ3n) is 7.08. The van der Waals surface area contributed by atoms with Gasteiger partial charge in [0.15, 0.2) is 4.77 Å². The molecule has 2 fully saturated rings. The quantitative estimate of drug-likeness (QED) is 0.625. The molecule has 144 valence electrons. The van der Waals surface area contributed by atoms with Gasteiger partial charge in [0.1, 0.15) is 5.82 Å². The van der Waals surface area contributed by atoms with Gasteiger partial charge < -0.3 is 14.5 Å². The molecule has 3 nitrogen and oxygen atoms in total. The lowest BCUT2D eigenvalue weighted by Crippen LogP contribution is -2.31. The van der Waals surface area contributed by atoms with Crippen molar-refractivity contribution < 1.29 is 4.39 Å². The predicted octanol–water partition coefficient (Wildman–Crippen LogP) is 5.30. The molecule has 5 rings (SSSR count). The second-order valence-electron chi connectivity index (χ2n) is 8.59. The number of aromatic nitrogens is 2. The van der Waals surface area contributed by atoms with Crippen LogP contribution in [0, 0.1) is 10.6 Å². The summed E-state index contributed by atoms with van der Waals surface area (Å²) in [5, 5.41) is 0. The zero-order chi connectivity index (χ0) is 18.8. The fourth-order valence-corrected chi connectivity index (χ4v) is 6.12. The topological polar surface area (TPSA) is 24.0 Å². The molecule has 27 heavy (non-hydrogen) atoms. The SMILES string of the molecule is CN(CCc1[nH]c(=S)n2c1[C@@H]1C[C@]1(c1cc(Br)ccc1F)C2)C1CCCC1. The average Bonchev–Trinajstić information content (AvgIpc) is 3.01. The first-order valence-electron chi connectivity index (χ1n) is 9.97. The number of fused-ring (bicyclic) bond motifs is 3. The van der Waals surface area contributed by atoms with Gasteiger partial charge in [0.25, 0.3) is 0 Å². The Morgan fingerprint density at radius 2 is 2.15 bits per heavy atom. The third kappa shape index (κ3) is 2.87. The minimum absolute atomic E-state index is 0.0936. The highest BCUT2D eigenvalue weighted by Crippen LogP contribution is 2.66. The molecule has 1 aromatic carbocycles. The lowest BCUT2D eigenvalue weighted by molar-refractivity contribution is 0.248. The minimum atomic E-state index is -0.0992. The molecular weight excluding hydrogens is 425 g/mol. The van der Waals surface area contributed by atoms with Gasteiger partial charge in [0, 0.05) is 52.7 Å². The molecule has 2 aliphatic carbocycles. The van der Waals surface area contributed by atoms with Crippen LogP contribution >= 0.6 is 28.1 Å². The number of hydrogen-bond donors (Lipinski definition) is 1. The molecule has 3 aliphatic rings. The first kappa shape index (κ1) is 18.1. The molecule has 6 heteroatoms. The van der Waals surface area contributed by atoms with Crippen molar-refractivity contribution in [3.63, 3.8) is 0 Å². The maximum Gasteiger partial charge on any atom is 0.177 e. The van der Waals surface area contributed by atoms with E-state index in [0.29, 0.717) is 5.92 Å². The monoisotopic (exact) mass is 449 g/mol. The van der Waals surface area contributed by atoms with Crippen molar-refractivity contribution in [3.05, 3.63) is 50.2 Å². The zero-order valence-corrected chi connectivity index (χ0v) is 18.0. The van der Waals surface area contributed by atoms with Crippen molar-refractivity contribution in [2.75, 3.05) is 13.6 Å². The average molecular weight is 450 g/mol. The largest absolute Gasteiger partial charge is 0.334 e. The van der Waals surface area contributed by atoms with Crippen molar-refractivity contribution in [2.24, 2.45) is 0 Å². The van der Waals surface area contributed by atoms with E-state index in [2.05, 4.69) is 37.4 Å². The maximum atomic E-state index is 14.6. The van der Waals surface area contributed by atoms with Crippen LogP contribution < -0.4 is 0 Å². The molecular formula is C21H25BrFN3S. The second kappa shape index (κ2) is 6.53. The summed E-state index contributed by atoms with van der Waals surface area (Å²) in [7, 11) is 2.25. The highest BCUT2D eigenvalue weighted by molar-refractivity contribution is 9.10. The van der Waals surface area contributed by atoms with Gasteiger partial charge in [0.2, 0.25) is 0 Å². The van der Waals surface area contributed by atoms with E-state index in [1.54, 1.807) is 12.1 Å². The molecule has 1 aromatic heterocycles. The van der Waals surface area contributed by atoms with Gasteiger partial charge >= 0.3 is 0 Å². The van der Waals surface area contributed by atoms with Crippen LogP contribution in [0.3, 0.4) is 0 Å². The number of H-pyrrole nitrogens is 1. The van der Waals surface area contributed by atoms with Crippen LogP contribution in [0.15, 0.2) is 22.7 Å². The fraction of sp³-hybridized carbons (Fsp3) is 0.571. The molecule has 0 bridgehead atoms. The second-order valence-corrected chi connectivity index (χ2v) is 9.89. The van der Waals surface area contributed by atoms with E-state index in [4.69, 9.17) is 12.2 Å². The third-order valence-corrected chi connectivity index (χ3v) is 7.89. The normalized spacial score (nSPS) is 26.6. The maximum absolute atomic E-state index is 14.6. The Balaban J connectivity index is 1.39. The molecule has 0 unspecified atom stereocenters. The Bertz CT molecular complexity index is 945. The number of hydrogen-bond acceptors (Lipinski definition) is 2. The molecule has 0 saturated heterocycles. The molecule has 0 amide bonds. The fourth-order valence-electron chi connectivity index (χ4n) is 5.48. The standard InChI is InChI=1S/C21H25BrFN3S/c1-25(14-4-2-3-5-14)9-8-18-19-16-11-21(16,12-26(19)20(27)24-18)15-10-13(22)6-7-17(15)23/h6-7,10,14,16H,2-5,8-9,11-12H2,1H3,(H,24,27)/t16-,21+/m0/s1. The highest BCUT2D eigenvalue weighted by atomic mass is 79.9. The van der Waals surface area contributed by atoms with Crippen LogP contribution in [-0.2, 0) is 18.4 Å². The first-order valence-corrected chi connectivity index (χ1v) is 11.2. The van der Waals surface area contributed by atoms with Crippen LogP contribution in [0.1, 0.15) is 55.0 Å². The van der Waals surface area contributed by atoms with Crippen LogP contribution in [0.5, 0.6) is 0 Å². The summed E-state index contributed by atoms with van der Waals surface area (Å²) < 4.78 is 18.6. The van der Waals surface area contributed by atoms with Crippen molar-refractivity contribution in [1.82, 2.24) is 14.5 Å². The lowest BCUT2D eigenvalue weighted by atomic mass is 9.93.